The summed E-state index contributed by atoms with van der Waals surface area (Å²) in [5.41, 5.74) is 6.24. The Balaban J connectivity index is 1.91. The van der Waals surface area contributed by atoms with Gasteiger partial charge in [-0.25, -0.2) is 0 Å². The van der Waals surface area contributed by atoms with Crippen molar-refractivity contribution in [3.8, 4) is 0 Å². The lowest BCUT2D eigenvalue weighted by molar-refractivity contribution is -0.140. The summed E-state index contributed by atoms with van der Waals surface area (Å²) in [4.78, 5) is 14.9. The van der Waals surface area contributed by atoms with Gasteiger partial charge in [-0.3, -0.25) is 4.79 Å². The molecule has 1 saturated carbocycles. The Kier molecular flexibility index (Phi) is 5.11. The fourth-order valence-electron chi connectivity index (χ4n) is 4.02. The van der Waals surface area contributed by atoms with E-state index in [0.29, 0.717) is 23.8 Å². The summed E-state index contributed by atoms with van der Waals surface area (Å²) in [6.07, 6.45) is 6.97. The van der Waals surface area contributed by atoms with Crippen LogP contribution in [0.1, 0.15) is 59.3 Å². The molecule has 1 heterocycles. The van der Waals surface area contributed by atoms with Crippen molar-refractivity contribution in [1.29, 1.82) is 0 Å². The molecule has 2 rings (SSSR count). The van der Waals surface area contributed by atoms with E-state index >= 15 is 0 Å². The van der Waals surface area contributed by atoms with Gasteiger partial charge in [0.1, 0.15) is 0 Å². The smallest absolute Gasteiger partial charge is 0.226 e. The molecule has 2 N–H and O–H groups in total. The van der Waals surface area contributed by atoms with Crippen LogP contribution in [-0.4, -0.2) is 30.4 Å². The van der Waals surface area contributed by atoms with Crippen LogP contribution in [0, 0.1) is 23.2 Å². The second-order valence-corrected chi connectivity index (χ2v) is 7.85. The maximum Gasteiger partial charge on any atom is 0.226 e. The van der Waals surface area contributed by atoms with E-state index < -0.39 is 0 Å². The number of amides is 1. The van der Waals surface area contributed by atoms with Crippen LogP contribution >= 0.6 is 0 Å². The summed E-state index contributed by atoms with van der Waals surface area (Å²) in [6.45, 7) is 9.54. The first-order valence-corrected chi connectivity index (χ1v) is 8.42. The second kappa shape index (κ2) is 6.46. The molecule has 116 valence electrons. The van der Waals surface area contributed by atoms with Crippen molar-refractivity contribution in [1.82, 2.24) is 4.90 Å². The predicted octanol–water partition coefficient (Wildman–Crippen LogP) is 3.04. The van der Waals surface area contributed by atoms with Crippen LogP contribution < -0.4 is 5.73 Å². The third kappa shape index (κ3) is 3.55. The Morgan fingerprint density at radius 3 is 2.25 bits per heavy atom. The number of likely N-dealkylation sites (tertiary alicyclic amines) is 1. The molecule has 1 amide bonds. The van der Waals surface area contributed by atoms with Crippen molar-refractivity contribution in [2.75, 3.05) is 19.6 Å². The normalized spacial score (nSPS) is 29.5. The molecule has 1 saturated heterocycles. The Labute approximate surface area is 124 Å². The van der Waals surface area contributed by atoms with Crippen molar-refractivity contribution in [2.45, 2.75) is 59.3 Å². The van der Waals surface area contributed by atoms with E-state index in [2.05, 4.69) is 25.7 Å². The molecule has 2 aliphatic rings. The maximum absolute atomic E-state index is 12.7. The second-order valence-electron chi connectivity index (χ2n) is 7.85. The minimum absolute atomic E-state index is 0.208. The largest absolute Gasteiger partial charge is 0.342 e. The summed E-state index contributed by atoms with van der Waals surface area (Å²) in [5, 5.41) is 0. The van der Waals surface area contributed by atoms with Gasteiger partial charge >= 0.3 is 0 Å². The van der Waals surface area contributed by atoms with E-state index in [0.717, 1.165) is 44.7 Å². The molecule has 0 aromatic heterocycles. The SMILES string of the molecule is CC(C)(C)C1CCN(C(=O)C2CCCCC2CN)CC1. The minimum atomic E-state index is 0.208. The van der Waals surface area contributed by atoms with E-state index in [4.69, 9.17) is 5.73 Å². The van der Waals surface area contributed by atoms with E-state index in [1.54, 1.807) is 0 Å². The molecule has 2 fully saturated rings. The van der Waals surface area contributed by atoms with Crippen LogP contribution in [0.5, 0.6) is 0 Å². The number of piperidine rings is 1. The number of carbonyl (C=O) groups excluding carboxylic acids is 1. The quantitative estimate of drug-likeness (QED) is 0.845. The number of rotatable bonds is 2. The maximum atomic E-state index is 12.7. The lowest BCUT2D eigenvalue weighted by Gasteiger charge is -2.41. The van der Waals surface area contributed by atoms with Crippen molar-refractivity contribution in [3.05, 3.63) is 0 Å². The standard InChI is InChI=1S/C17H32N2O/c1-17(2,3)14-8-10-19(11-9-14)16(20)15-7-5-4-6-13(15)12-18/h13-15H,4-12,18H2,1-3H3. The molecule has 1 aliphatic carbocycles. The molecule has 3 heteroatoms. The Hall–Kier alpha value is -0.570. The van der Waals surface area contributed by atoms with Crippen LogP contribution in [0.2, 0.25) is 0 Å². The molecule has 2 unspecified atom stereocenters. The van der Waals surface area contributed by atoms with Crippen LogP contribution in [0.25, 0.3) is 0 Å². The fraction of sp³-hybridized carbons (Fsp3) is 0.941. The van der Waals surface area contributed by atoms with Gasteiger partial charge in [-0.2, -0.15) is 0 Å². The lowest BCUT2D eigenvalue weighted by Crippen LogP contribution is -2.46. The molecular weight excluding hydrogens is 248 g/mol. The zero-order chi connectivity index (χ0) is 14.8. The van der Waals surface area contributed by atoms with Crippen molar-refractivity contribution >= 4 is 5.91 Å². The number of carbonyl (C=O) groups is 1. The first-order chi connectivity index (χ1) is 9.43. The third-order valence-electron chi connectivity index (χ3n) is 5.56. The van der Waals surface area contributed by atoms with Gasteiger partial charge in [-0.15, -0.1) is 0 Å². The van der Waals surface area contributed by atoms with Crippen molar-refractivity contribution in [3.63, 3.8) is 0 Å². The summed E-state index contributed by atoms with van der Waals surface area (Å²) in [7, 11) is 0. The summed E-state index contributed by atoms with van der Waals surface area (Å²) in [6, 6.07) is 0. The van der Waals surface area contributed by atoms with Gasteiger partial charge in [0.05, 0.1) is 0 Å². The van der Waals surface area contributed by atoms with Crippen molar-refractivity contribution in [2.24, 2.45) is 28.9 Å². The molecule has 1 aliphatic heterocycles. The highest BCUT2D eigenvalue weighted by atomic mass is 16.2. The molecular formula is C17H32N2O. The van der Waals surface area contributed by atoms with Crippen molar-refractivity contribution < 1.29 is 4.79 Å². The van der Waals surface area contributed by atoms with Crippen LogP contribution in [0.3, 0.4) is 0 Å². The highest BCUT2D eigenvalue weighted by Gasteiger charge is 2.36. The van der Waals surface area contributed by atoms with E-state index in [1.165, 1.54) is 12.8 Å². The summed E-state index contributed by atoms with van der Waals surface area (Å²) < 4.78 is 0. The molecule has 20 heavy (non-hydrogen) atoms. The highest BCUT2D eigenvalue weighted by molar-refractivity contribution is 5.79. The molecule has 0 aromatic rings. The van der Waals surface area contributed by atoms with Gasteiger partial charge in [0, 0.05) is 19.0 Å². The molecule has 0 bridgehead atoms. The first kappa shape index (κ1) is 15.8. The minimum Gasteiger partial charge on any atom is -0.342 e. The van der Waals surface area contributed by atoms with E-state index in [-0.39, 0.29) is 5.92 Å². The average molecular weight is 280 g/mol. The fourth-order valence-corrected chi connectivity index (χ4v) is 4.02. The zero-order valence-electron chi connectivity index (χ0n) is 13.5. The van der Waals surface area contributed by atoms with E-state index in [9.17, 15) is 4.79 Å². The van der Waals surface area contributed by atoms with Gasteiger partial charge < -0.3 is 10.6 Å². The first-order valence-electron chi connectivity index (χ1n) is 8.42. The van der Waals surface area contributed by atoms with Gasteiger partial charge in [0.25, 0.3) is 0 Å². The summed E-state index contributed by atoms with van der Waals surface area (Å²) >= 11 is 0. The van der Waals surface area contributed by atoms with Crippen LogP contribution in [-0.2, 0) is 4.79 Å². The van der Waals surface area contributed by atoms with Crippen LogP contribution in [0.15, 0.2) is 0 Å². The number of hydrogen-bond acceptors (Lipinski definition) is 2. The van der Waals surface area contributed by atoms with Gasteiger partial charge in [0.2, 0.25) is 5.91 Å². The number of hydrogen-bond donors (Lipinski definition) is 1. The third-order valence-corrected chi connectivity index (χ3v) is 5.56. The Morgan fingerprint density at radius 2 is 1.70 bits per heavy atom. The van der Waals surface area contributed by atoms with Gasteiger partial charge in [-0.1, -0.05) is 33.6 Å². The predicted molar refractivity (Wildman–Crippen MR) is 83.3 cm³/mol. The van der Waals surface area contributed by atoms with Gasteiger partial charge in [0.15, 0.2) is 0 Å². The molecule has 0 aromatic carbocycles. The lowest BCUT2D eigenvalue weighted by atomic mass is 9.74. The highest BCUT2D eigenvalue weighted by Crippen LogP contribution is 2.36. The van der Waals surface area contributed by atoms with Gasteiger partial charge in [-0.05, 0) is 49.5 Å². The topological polar surface area (TPSA) is 46.3 Å². The number of nitrogens with two attached hydrogens (primary N) is 1. The molecule has 0 radical (unpaired) electrons. The molecule has 0 spiro atoms. The monoisotopic (exact) mass is 280 g/mol. The average Bonchev–Trinajstić information content (AvgIpc) is 2.45. The number of nitrogens with zero attached hydrogens (tertiary/aromatic N) is 1. The zero-order valence-corrected chi connectivity index (χ0v) is 13.5. The Bertz CT molecular complexity index is 326. The Morgan fingerprint density at radius 1 is 1.10 bits per heavy atom. The van der Waals surface area contributed by atoms with E-state index in [1.807, 2.05) is 0 Å². The van der Waals surface area contributed by atoms with Crippen LogP contribution in [0.4, 0.5) is 0 Å². The molecule has 3 nitrogen and oxygen atoms in total. The summed E-state index contributed by atoms with van der Waals surface area (Å²) in [5.74, 6) is 1.78. The molecule has 2 atom stereocenters.